The Hall–Kier alpha value is -1.31. The lowest BCUT2D eigenvalue weighted by molar-refractivity contribution is -0.108. The predicted octanol–water partition coefficient (Wildman–Crippen LogP) is 3.34. The van der Waals surface area contributed by atoms with Crippen LogP contribution in [0.5, 0.6) is 5.75 Å². The molecule has 0 amide bonds. The quantitative estimate of drug-likeness (QED) is 0.687. The van der Waals surface area contributed by atoms with Crippen molar-refractivity contribution in [2.45, 2.75) is 39.0 Å². The van der Waals surface area contributed by atoms with Gasteiger partial charge in [0.25, 0.3) is 0 Å². The molecule has 0 heterocycles. The first-order valence-electron chi connectivity index (χ1n) is 5.77. The van der Waals surface area contributed by atoms with E-state index >= 15 is 0 Å². The number of carbonyl (C=O) groups is 1. The molecule has 0 spiro atoms. The second-order valence-electron chi connectivity index (χ2n) is 4.55. The van der Waals surface area contributed by atoms with Crippen LogP contribution in [0.25, 0.3) is 0 Å². The van der Waals surface area contributed by atoms with Crippen molar-refractivity contribution in [3.8, 4) is 5.75 Å². The molecule has 0 fully saturated rings. The van der Waals surface area contributed by atoms with E-state index in [-0.39, 0.29) is 5.41 Å². The Labute approximate surface area is 97.6 Å². The van der Waals surface area contributed by atoms with Crippen molar-refractivity contribution in [1.82, 2.24) is 0 Å². The van der Waals surface area contributed by atoms with Gasteiger partial charge in [-0.05, 0) is 36.5 Å². The molecule has 0 atom stereocenters. The standard InChI is InChI=1S/C14H20O2/c1-4-16-13-8-6-12(7-9-13)14(2,3)10-5-11-15/h6-9,11H,4-5,10H2,1-3H3. The van der Waals surface area contributed by atoms with Crippen LogP contribution >= 0.6 is 0 Å². The molecule has 2 nitrogen and oxygen atoms in total. The summed E-state index contributed by atoms with van der Waals surface area (Å²) in [6, 6.07) is 8.13. The highest BCUT2D eigenvalue weighted by molar-refractivity contribution is 5.49. The van der Waals surface area contributed by atoms with Crippen LogP contribution < -0.4 is 4.74 Å². The van der Waals surface area contributed by atoms with E-state index in [1.54, 1.807) is 0 Å². The van der Waals surface area contributed by atoms with Crippen molar-refractivity contribution in [3.05, 3.63) is 29.8 Å². The molecule has 1 aromatic rings. The fourth-order valence-corrected chi connectivity index (χ4v) is 1.73. The Morgan fingerprint density at radius 2 is 1.88 bits per heavy atom. The van der Waals surface area contributed by atoms with Crippen LogP contribution in [-0.2, 0) is 10.2 Å². The molecule has 0 aliphatic rings. The molecule has 16 heavy (non-hydrogen) atoms. The second kappa shape index (κ2) is 5.69. The first kappa shape index (κ1) is 12.8. The topological polar surface area (TPSA) is 26.3 Å². The van der Waals surface area contributed by atoms with Crippen LogP contribution in [-0.4, -0.2) is 12.9 Å². The SMILES string of the molecule is CCOc1ccc(C(C)(C)CCC=O)cc1. The highest BCUT2D eigenvalue weighted by atomic mass is 16.5. The van der Waals surface area contributed by atoms with E-state index in [9.17, 15) is 4.79 Å². The zero-order valence-electron chi connectivity index (χ0n) is 10.3. The lowest BCUT2D eigenvalue weighted by Gasteiger charge is -2.24. The van der Waals surface area contributed by atoms with Gasteiger partial charge in [0, 0.05) is 6.42 Å². The number of rotatable bonds is 6. The molecule has 0 saturated carbocycles. The zero-order valence-corrected chi connectivity index (χ0v) is 10.3. The maximum atomic E-state index is 10.4. The normalized spacial score (nSPS) is 11.2. The van der Waals surface area contributed by atoms with E-state index in [0.717, 1.165) is 18.5 Å². The van der Waals surface area contributed by atoms with Crippen molar-refractivity contribution in [2.24, 2.45) is 0 Å². The number of ether oxygens (including phenoxy) is 1. The zero-order chi connectivity index (χ0) is 12.0. The molecule has 0 unspecified atom stereocenters. The van der Waals surface area contributed by atoms with Gasteiger partial charge in [0.2, 0.25) is 0 Å². The van der Waals surface area contributed by atoms with Gasteiger partial charge >= 0.3 is 0 Å². The third kappa shape index (κ3) is 3.37. The summed E-state index contributed by atoms with van der Waals surface area (Å²) in [5.74, 6) is 0.900. The van der Waals surface area contributed by atoms with E-state index in [2.05, 4.69) is 26.0 Å². The van der Waals surface area contributed by atoms with E-state index in [4.69, 9.17) is 4.74 Å². The Balaban J connectivity index is 2.75. The fraction of sp³-hybridized carbons (Fsp3) is 0.500. The highest BCUT2D eigenvalue weighted by Crippen LogP contribution is 2.29. The van der Waals surface area contributed by atoms with Crippen LogP contribution in [0.1, 0.15) is 39.2 Å². The van der Waals surface area contributed by atoms with Gasteiger partial charge in [0.05, 0.1) is 6.61 Å². The monoisotopic (exact) mass is 220 g/mol. The maximum absolute atomic E-state index is 10.4. The van der Waals surface area contributed by atoms with Gasteiger partial charge in [0.15, 0.2) is 0 Å². The van der Waals surface area contributed by atoms with Gasteiger partial charge < -0.3 is 9.53 Å². The van der Waals surface area contributed by atoms with Gasteiger partial charge in [-0.2, -0.15) is 0 Å². The molecule has 88 valence electrons. The van der Waals surface area contributed by atoms with E-state index < -0.39 is 0 Å². The number of carbonyl (C=O) groups excluding carboxylic acids is 1. The van der Waals surface area contributed by atoms with Crippen molar-refractivity contribution in [3.63, 3.8) is 0 Å². The lowest BCUT2D eigenvalue weighted by atomic mass is 9.81. The summed E-state index contributed by atoms with van der Waals surface area (Å²) in [4.78, 5) is 10.4. The third-order valence-electron chi connectivity index (χ3n) is 2.83. The molecule has 2 heteroatoms. The molecule has 0 N–H and O–H groups in total. The van der Waals surface area contributed by atoms with Gasteiger partial charge in [-0.1, -0.05) is 26.0 Å². The summed E-state index contributed by atoms with van der Waals surface area (Å²) in [6.45, 7) is 6.98. The average molecular weight is 220 g/mol. The first-order chi connectivity index (χ1) is 7.60. The molecule has 0 aromatic heterocycles. The van der Waals surface area contributed by atoms with E-state index in [1.807, 2.05) is 19.1 Å². The van der Waals surface area contributed by atoms with Crippen molar-refractivity contribution >= 4 is 6.29 Å². The van der Waals surface area contributed by atoms with Crippen LogP contribution in [0.15, 0.2) is 24.3 Å². The number of hydrogen-bond acceptors (Lipinski definition) is 2. The van der Waals surface area contributed by atoms with Gasteiger partial charge in [-0.15, -0.1) is 0 Å². The minimum atomic E-state index is 0.0473. The van der Waals surface area contributed by atoms with Crippen LogP contribution in [0, 0.1) is 0 Å². The lowest BCUT2D eigenvalue weighted by Crippen LogP contribution is -2.17. The molecule has 0 bridgehead atoms. The van der Waals surface area contributed by atoms with Gasteiger partial charge in [0.1, 0.15) is 12.0 Å². The summed E-state index contributed by atoms with van der Waals surface area (Å²) in [7, 11) is 0. The van der Waals surface area contributed by atoms with Crippen LogP contribution in [0.3, 0.4) is 0 Å². The number of hydrogen-bond donors (Lipinski definition) is 0. The fourth-order valence-electron chi connectivity index (χ4n) is 1.73. The summed E-state index contributed by atoms with van der Waals surface area (Å²) >= 11 is 0. The molecule has 0 saturated heterocycles. The average Bonchev–Trinajstić information content (AvgIpc) is 2.28. The minimum absolute atomic E-state index is 0.0473. The largest absolute Gasteiger partial charge is 0.494 e. The van der Waals surface area contributed by atoms with Crippen molar-refractivity contribution in [1.29, 1.82) is 0 Å². The van der Waals surface area contributed by atoms with Gasteiger partial charge in [-0.3, -0.25) is 0 Å². The minimum Gasteiger partial charge on any atom is -0.494 e. The summed E-state index contributed by atoms with van der Waals surface area (Å²) in [6.07, 6.45) is 2.47. The molecule has 1 aromatic carbocycles. The highest BCUT2D eigenvalue weighted by Gasteiger charge is 2.19. The third-order valence-corrected chi connectivity index (χ3v) is 2.83. The molecule has 1 rings (SSSR count). The first-order valence-corrected chi connectivity index (χ1v) is 5.77. The predicted molar refractivity (Wildman–Crippen MR) is 65.9 cm³/mol. The van der Waals surface area contributed by atoms with Crippen LogP contribution in [0.4, 0.5) is 0 Å². The van der Waals surface area contributed by atoms with E-state index in [1.165, 1.54) is 5.56 Å². The Bertz CT molecular complexity index is 325. The van der Waals surface area contributed by atoms with E-state index in [0.29, 0.717) is 13.0 Å². The van der Waals surface area contributed by atoms with Crippen LogP contribution in [0.2, 0.25) is 0 Å². The Kier molecular flexibility index (Phi) is 4.53. The maximum Gasteiger partial charge on any atom is 0.120 e. The smallest absolute Gasteiger partial charge is 0.120 e. The summed E-state index contributed by atoms with van der Waals surface area (Å²) < 4.78 is 5.40. The van der Waals surface area contributed by atoms with Gasteiger partial charge in [-0.25, -0.2) is 0 Å². The molecular weight excluding hydrogens is 200 g/mol. The summed E-state index contributed by atoms with van der Waals surface area (Å²) in [5.41, 5.74) is 1.30. The number of aldehydes is 1. The second-order valence-corrected chi connectivity index (χ2v) is 4.55. The summed E-state index contributed by atoms with van der Waals surface area (Å²) in [5, 5.41) is 0. The molecule has 0 radical (unpaired) electrons. The van der Waals surface area contributed by atoms with Crippen molar-refractivity contribution < 1.29 is 9.53 Å². The molecule has 0 aliphatic carbocycles. The number of benzene rings is 1. The molecular formula is C14H20O2. The Morgan fingerprint density at radius 3 is 2.38 bits per heavy atom. The Morgan fingerprint density at radius 1 is 1.25 bits per heavy atom. The van der Waals surface area contributed by atoms with Crippen molar-refractivity contribution in [2.75, 3.05) is 6.61 Å². The molecule has 0 aliphatic heterocycles.